The second kappa shape index (κ2) is 6.48. The molecule has 6 heteroatoms. The Balaban J connectivity index is 1.28. The third kappa shape index (κ3) is 3.22. The molecule has 24 heavy (non-hydrogen) atoms. The minimum Gasteiger partial charge on any atom is -0.376 e. The van der Waals surface area contributed by atoms with E-state index in [0.29, 0.717) is 24.0 Å². The van der Waals surface area contributed by atoms with E-state index in [4.69, 9.17) is 4.74 Å². The van der Waals surface area contributed by atoms with Gasteiger partial charge in [0.1, 0.15) is 0 Å². The second-order valence-electron chi connectivity index (χ2n) is 7.63. The minimum atomic E-state index is 0.189. The minimum absolute atomic E-state index is 0.189. The molecule has 1 aliphatic carbocycles. The molecule has 3 atom stereocenters. The van der Waals surface area contributed by atoms with Gasteiger partial charge in [-0.2, -0.15) is 5.10 Å². The maximum absolute atomic E-state index is 12.8. The first-order valence-electron chi connectivity index (χ1n) is 9.25. The average molecular weight is 332 g/mol. The summed E-state index contributed by atoms with van der Waals surface area (Å²) in [6, 6.07) is 0.619. The first kappa shape index (κ1) is 16.1. The highest BCUT2D eigenvalue weighted by Gasteiger charge is 2.46. The molecular weight excluding hydrogens is 304 g/mol. The number of aryl methyl sites for hydroxylation is 1. The van der Waals surface area contributed by atoms with E-state index >= 15 is 0 Å². The van der Waals surface area contributed by atoms with E-state index in [9.17, 15) is 4.79 Å². The van der Waals surface area contributed by atoms with Crippen LogP contribution in [0.15, 0.2) is 12.4 Å². The summed E-state index contributed by atoms with van der Waals surface area (Å²) in [5.41, 5.74) is 1.22. The number of carbonyl (C=O) groups is 1. The van der Waals surface area contributed by atoms with Gasteiger partial charge < -0.3 is 9.64 Å². The number of piperidine rings is 1. The first-order chi connectivity index (χ1) is 11.6. The van der Waals surface area contributed by atoms with Crippen LogP contribution >= 0.6 is 0 Å². The summed E-state index contributed by atoms with van der Waals surface area (Å²) in [5, 5.41) is 4.23. The van der Waals surface area contributed by atoms with E-state index in [-0.39, 0.29) is 5.92 Å². The first-order valence-corrected chi connectivity index (χ1v) is 9.25. The lowest BCUT2D eigenvalue weighted by Crippen LogP contribution is -2.52. The Morgan fingerprint density at radius 1 is 1.29 bits per heavy atom. The lowest BCUT2D eigenvalue weighted by molar-refractivity contribution is -0.134. The lowest BCUT2D eigenvalue weighted by Gasteiger charge is -2.41. The number of hydrogen-bond acceptors (Lipinski definition) is 4. The van der Waals surface area contributed by atoms with Crippen molar-refractivity contribution in [2.75, 3.05) is 32.8 Å². The molecule has 1 saturated carbocycles. The number of carbonyl (C=O) groups excluding carboxylic acids is 1. The van der Waals surface area contributed by atoms with Crippen molar-refractivity contribution < 1.29 is 9.53 Å². The topological polar surface area (TPSA) is 50.6 Å². The van der Waals surface area contributed by atoms with Gasteiger partial charge in [-0.1, -0.05) is 0 Å². The van der Waals surface area contributed by atoms with Gasteiger partial charge in [0.05, 0.1) is 18.9 Å². The predicted octanol–water partition coefficient (Wildman–Crippen LogP) is 1.24. The Kier molecular flexibility index (Phi) is 4.35. The molecule has 0 bridgehead atoms. The largest absolute Gasteiger partial charge is 0.376 e. The van der Waals surface area contributed by atoms with Crippen molar-refractivity contribution in [3.8, 4) is 0 Å². The van der Waals surface area contributed by atoms with Crippen LogP contribution in [0.4, 0.5) is 0 Å². The predicted molar refractivity (Wildman–Crippen MR) is 90.6 cm³/mol. The van der Waals surface area contributed by atoms with Crippen LogP contribution in [-0.4, -0.2) is 70.4 Å². The maximum atomic E-state index is 12.8. The molecule has 3 aliphatic rings. The van der Waals surface area contributed by atoms with E-state index in [1.165, 1.54) is 5.56 Å². The summed E-state index contributed by atoms with van der Waals surface area (Å²) in [4.78, 5) is 17.4. The number of likely N-dealkylation sites (tertiary alicyclic amines) is 1. The highest BCUT2D eigenvalue weighted by molar-refractivity contribution is 5.83. The van der Waals surface area contributed by atoms with E-state index in [1.54, 1.807) is 0 Å². The molecule has 0 N–H and O–H groups in total. The second-order valence-corrected chi connectivity index (χ2v) is 7.63. The van der Waals surface area contributed by atoms with E-state index in [2.05, 4.69) is 21.8 Å². The smallest absolute Gasteiger partial charge is 0.226 e. The van der Waals surface area contributed by atoms with Crippen LogP contribution in [0.1, 0.15) is 37.7 Å². The van der Waals surface area contributed by atoms with Crippen molar-refractivity contribution in [3.63, 3.8) is 0 Å². The number of ether oxygens (including phenoxy) is 1. The van der Waals surface area contributed by atoms with Crippen LogP contribution in [0.5, 0.6) is 0 Å². The summed E-state index contributed by atoms with van der Waals surface area (Å²) in [6.07, 6.45) is 7.48. The fourth-order valence-electron chi connectivity index (χ4n) is 4.33. The number of hydrogen-bond donors (Lipinski definition) is 0. The standard InChI is InChI=1S/C18H28N4O2/c1-13-11-22(7-8-24-13)15-3-5-21(6-4-15)18(23)17-9-16(17)14-10-19-20(2)12-14/h10,12-13,15-17H,3-9,11H2,1-2H3. The highest BCUT2D eigenvalue weighted by atomic mass is 16.5. The van der Waals surface area contributed by atoms with Gasteiger partial charge in [-0.3, -0.25) is 14.4 Å². The zero-order valence-corrected chi connectivity index (χ0v) is 14.7. The molecule has 0 radical (unpaired) electrons. The van der Waals surface area contributed by atoms with Gasteiger partial charge in [0.25, 0.3) is 0 Å². The number of rotatable bonds is 3. The van der Waals surface area contributed by atoms with Crippen molar-refractivity contribution >= 4 is 5.91 Å². The fraction of sp³-hybridized carbons (Fsp3) is 0.778. The molecule has 4 rings (SSSR count). The zero-order valence-electron chi connectivity index (χ0n) is 14.7. The molecule has 1 aromatic heterocycles. The Morgan fingerprint density at radius 2 is 2.08 bits per heavy atom. The van der Waals surface area contributed by atoms with Crippen LogP contribution in [0, 0.1) is 5.92 Å². The fourth-order valence-corrected chi connectivity index (χ4v) is 4.33. The Morgan fingerprint density at radius 3 is 2.75 bits per heavy atom. The van der Waals surface area contributed by atoms with E-state index in [0.717, 1.165) is 52.0 Å². The average Bonchev–Trinajstić information content (AvgIpc) is 3.28. The van der Waals surface area contributed by atoms with Crippen LogP contribution in [0.2, 0.25) is 0 Å². The van der Waals surface area contributed by atoms with Crippen LogP contribution in [0.25, 0.3) is 0 Å². The number of aromatic nitrogens is 2. The molecule has 1 aromatic rings. The van der Waals surface area contributed by atoms with Gasteiger partial charge in [0.2, 0.25) is 5.91 Å². The molecule has 3 fully saturated rings. The van der Waals surface area contributed by atoms with Gasteiger partial charge >= 0.3 is 0 Å². The van der Waals surface area contributed by atoms with Crippen LogP contribution in [-0.2, 0) is 16.6 Å². The zero-order chi connectivity index (χ0) is 16.7. The maximum Gasteiger partial charge on any atom is 0.226 e. The SMILES string of the molecule is CC1CN(C2CCN(C(=O)C3CC3c3cnn(C)c3)CC2)CCO1. The summed E-state index contributed by atoms with van der Waals surface area (Å²) in [5.74, 6) is 0.941. The Bertz CT molecular complexity index is 594. The molecule has 3 unspecified atom stereocenters. The third-order valence-electron chi connectivity index (χ3n) is 5.83. The molecule has 0 spiro atoms. The summed E-state index contributed by atoms with van der Waals surface area (Å²) < 4.78 is 7.46. The number of nitrogens with zero attached hydrogens (tertiary/aromatic N) is 4. The lowest BCUT2D eigenvalue weighted by atomic mass is 10.0. The molecule has 2 saturated heterocycles. The highest BCUT2D eigenvalue weighted by Crippen LogP contribution is 2.48. The number of morpholine rings is 1. The molecule has 2 aliphatic heterocycles. The summed E-state index contributed by atoms with van der Waals surface area (Å²) in [6.45, 7) is 6.88. The normalized spacial score (nSPS) is 32.1. The van der Waals surface area contributed by atoms with E-state index < -0.39 is 0 Å². The van der Waals surface area contributed by atoms with Crippen LogP contribution in [0.3, 0.4) is 0 Å². The molecule has 6 nitrogen and oxygen atoms in total. The van der Waals surface area contributed by atoms with Gasteiger partial charge in [0.15, 0.2) is 0 Å². The third-order valence-corrected chi connectivity index (χ3v) is 5.83. The van der Waals surface area contributed by atoms with Crippen molar-refractivity contribution in [1.82, 2.24) is 19.6 Å². The number of amides is 1. The molecule has 0 aromatic carbocycles. The van der Waals surface area contributed by atoms with Crippen molar-refractivity contribution in [1.29, 1.82) is 0 Å². The van der Waals surface area contributed by atoms with Crippen LogP contribution < -0.4 is 0 Å². The molecule has 1 amide bonds. The van der Waals surface area contributed by atoms with Crippen molar-refractivity contribution in [3.05, 3.63) is 18.0 Å². The molecule has 3 heterocycles. The monoisotopic (exact) mass is 332 g/mol. The Labute approximate surface area is 143 Å². The quantitative estimate of drug-likeness (QED) is 0.836. The van der Waals surface area contributed by atoms with Gasteiger partial charge in [-0.25, -0.2) is 0 Å². The van der Waals surface area contributed by atoms with Gasteiger partial charge in [-0.15, -0.1) is 0 Å². The summed E-state index contributed by atoms with van der Waals surface area (Å²) in [7, 11) is 1.93. The van der Waals surface area contributed by atoms with Crippen molar-refractivity contribution in [2.24, 2.45) is 13.0 Å². The summed E-state index contributed by atoms with van der Waals surface area (Å²) >= 11 is 0. The van der Waals surface area contributed by atoms with Gasteiger partial charge in [0, 0.05) is 51.4 Å². The van der Waals surface area contributed by atoms with E-state index in [1.807, 2.05) is 24.1 Å². The van der Waals surface area contributed by atoms with Gasteiger partial charge in [-0.05, 0) is 37.7 Å². The Hall–Kier alpha value is -1.40. The van der Waals surface area contributed by atoms with Crippen molar-refractivity contribution in [2.45, 2.75) is 44.2 Å². The molecular formula is C18H28N4O2. The molecule has 132 valence electrons.